The van der Waals surface area contributed by atoms with Gasteiger partial charge in [0.1, 0.15) is 0 Å². The normalized spacial score (nSPS) is 19.9. The van der Waals surface area contributed by atoms with Crippen LogP contribution in [0.1, 0.15) is 18.4 Å². The van der Waals surface area contributed by atoms with Crippen molar-refractivity contribution in [3.63, 3.8) is 0 Å². The van der Waals surface area contributed by atoms with E-state index in [-0.39, 0.29) is 12.6 Å². The highest BCUT2D eigenvalue weighted by molar-refractivity contribution is 6.30. The van der Waals surface area contributed by atoms with E-state index in [1.54, 1.807) is 0 Å². The second-order valence-corrected chi connectivity index (χ2v) is 5.52. The zero-order valence-corrected chi connectivity index (χ0v) is 11.3. The lowest BCUT2D eigenvalue weighted by molar-refractivity contribution is 0.136. The molecule has 1 aliphatic rings. The quantitative estimate of drug-likeness (QED) is 0.877. The molecule has 3 nitrogen and oxygen atoms in total. The molecule has 1 aromatic carbocycles. The molecule has 1 fully saturated rings. The first-order chi connectivity index (χ1) is 8.69. The Labute approximate surface area is 114 Å². The number of hydrogen-bond acceptors (Lipinski definition) is 3. The molecule has 0 saturated carbocycles. The molecule has 0 spiro atoms. The van der Waals surface area contributed by atoms with Gasteiger partial charge >= 0.3 is 0 Å². The summed E-state index contributed by atoms with van der Waals surface area (Å²) >= 11 is 5.87. The second kappa shape index (κ2) is 6.53. The minimum Gasteiger partial charge on any atom is -0.395 e. The highest BCUT2D eigenvalue weighted by atomic mass is 35.5. The number of nitrogens with zero attached hydrogens (tertiary/aromatic N) is 1. The van der Waals surface area contributed by atoms with Crippen LogP contribution in [0.4, 0.5) is 0 Å². The van der Waals surface area contributed by atoms with Crippen LogP contribution >= 0.6 is 11.6 Å². The number of aliphatic hydroxyl groups is 1. The highest BCUT2D eigenvalue weighted by Crippen LogP contribution is 2.21. The molecule has 1 aromatic rings. The van der Waals surface area contributed by atoms with E-state index >= 15 is 0 Å². The third-order valence-electron chi connectivity index (χ3n) is 3.77. The molecule has 2 rings (SSSR count). The van der Waals surface area contributed by atoms with Gasteiger partial charge in [-0.15, -0.1) is 0 Å². The number of halogens is 1. The summed E-state index contributed by atoms with van der Waals surface area (Å²) in [5, 5.41) is 9.85. The van der Waals surface area contributed by atoms with Gasteiger partial charge in [0.2, 0.25) is 0 Å². The van der Waals surface area contributed by atoms with Crippen LogP contribution in [0.15, 0.2) is 24.3 Å². The maximum absolute atomic E-state index is 9.06. The molecule has 0 bridgehead atoms. The van der Waals surface area contributed by atoms with Crippen molar-refractivity contribution in [3.05, 3.63) is 34.9 Å². The summed E-state index contributed by atoms with van der Waals surface area (Å²) in [5.41, 5.74) is 7.17. The monoisotopic (exact) mass is 268 g/mol. The minimum absolute atomic E-state index is 0.0531. The molecule has 0 aromatic heterocycles. The lowest BCUT2D eigenvalue weighted by Gasteiger charge is -2.34. The van der Waals surface area contributed by atoms with Gasteiger partial charge in [-0.2, -0.15) is 0 Å². The van der Waals surface area contributed by atoms with Crippen molar-refractivity contribution in [1.29, 1.82) is 0 Å². The van der Waals surface area contributed by atoms with E-state index in [2.05, 4.69) is 17.0 Å². The van der Waals surface area contributed by atoms with E-state index in [4.69, 9.17) is 22.4 Å². The van der Waals surface area contributed by atoms with Crippen LogP contribution in [0, 0.1) is 5.92 Å². The fourth-order valence-corrected chi connectivity index (χ4v) is 2.66. The Morgan fingerprint density at radius 3 is 2.44 bits per heavy atom. The van der Waals surface area contributed by atoms with Crippen LogP contribution < -0.4 is 5.73 Å². The van der Waals surface area contributed by atoms with Gasteiger partial charge in [0.15, 0.2) is 0 Å². The molecule has 0 radical (unpaired) electrons. The molecule has 1 heterocycles. The fourth-order valence-electron chi connectivity index (χ4n) is 2.54. The number of benzene rings is 1. The Bertz CT molecular complexity index is 361. The largest absolute Gasteiger partial charge is 0.395 e. The van der Waals surface area contributed by atoms with Gasteiger partial charge in [0, 0.05) is 17.6 Å². The summed E-state index contributed by atoms with van der Waals surface area (Å²) in [6.07, 6.45) is 2.16. The average molecular weight is 269 g/mol. The molecule has 18 heavy (non-hydrogen) atoms. The summed E-state index contributed by atoms with van der Waals surface area (Å²) in [5.74, 6) is 0.469. The maximum Gasteiger partial charge on any atom is 0.0585 e. The predicted molar refractivity (Wildman–Crippen MR) is 74.5 cm³/mol. The van der Waals surface area contributed by atoms with Crippen molar-refractivity contribution in [3.8, 4) is 0 Å². The van der Waals surface area contributed by atoms with Crippen molar-refractivity contribution in [1.82, 2.24) is 4.90 Å². The summed E-state index contributed by atoms with van der Waals surface area (Å²) < 4.78 is 0. The molecule has 1 atom stereocenters. The summed E-state index contributed by atoms with van der Waals surface area (Å²) in [7, 11) is 0. The van der Waals surface area contributed by atoms with Crippen molar-refractivity contribution in [2.75, 3.05) is 19.7 Å². The average Bonchev–Trinajstić information content (AvgIpc) is 2.41. The number of nitrogens with two attached hydrogens (primary N) is 1. The minimum atomic E-state index is -0.0531. The van der Waals surface area contributed by atoms with Gasteiger partial charge in [-0.3, -0.25) is 4.90 Å². The standard InChI is InChI=1S/C14H21ClN2O/c15-13-3-1-11(2-4-13)9-17-7-5-12(6-8-17)14(16)10-18/h1-4,12,14,18H,5-10,16H2. The van der Waals surface area contributed by atoms with E-state index < -0.39 is 0 Å². The first kappa shape index (κ1) is 13.8. The lowest BCUT2D eigenvalue weighted by atomic mass is 9.90. The van der Waals surface area contributed by atoms with Crippen molar-refractivity contribution < 1.29 is 5.11 Å². The molecular formula is C14H21ClN2O. The van der Waals surface area contributed by atoms with E-state index in [1.165, 1.54) is 5.56 Å². The summed E-state index contributed by atoms with van der Waals surface area (Å²) in [4.78, 5) is 2.43. The van der Waals surface area contributed by atoms with Crippen LogP contribution in [0.5, 0.6) is 0 Å². The van der Waals surface area contributed by atoms with Gasteiger partial charge in [-0.1, -0.05) is 23.7 Å². The molecule has 1 aliphatic heterocycles. The van der Waals surface area contributed by atoms with Crippen molar-refractivity contribution in [2.45, 2.75) is 25.4 Å². The number of rotatable bonds is 4. The first-order valence-corrected chi connectivity index (χ1v) is 6.90. The predicted octanol–water partition coefficient (Wildman–Crippen LogP) is 1.87. The van der Waals surface area contributed by atoms with Crippen LogP contribution in [0.2, 0.25) is 5.02 Å². The van der Waals surface area contributed by atoms with Gasteiger partial charge < -0.3 is 10.8 Å². The first-order valence-electron chi connectivity index (χ1n) is 6.52. The van der Waals surface area contributed by atoms with Crippen LogP contribution in [0.25, 0.3) is 0 Å². The zero-order valence-electron chi connectivity index (χ0n) is 10.6. The molecule has 0 amide bonds. The number of hydrogen-bond donors (Lipinski definition) is 2. The van der Waals surface area contributed by atoms with Crippen LogP contribution in [-0.2, 0) is 6.54 Å². The molecule has 0 aliphatic carbocycles. The Morgan fingerprint density at radius 1 is 1.28 bits per heavy atom. The smallest absolute Gasteiger partial charge is 0.0585 e. The summed E-state index contributed by atoms with van der Waals surface area (Å²) in [6, 6.07) is 7.97. The Hall–Kier alpha value is -0.610. The Balaban J connectivity index is 1.81. The van der Waals surface area contributed by atoms with Gasteiger partial charge in [0.05, 0.1) is 6.61 Å². The maximum atomic E-state index is 9.06. The molecule has 100 valence electrons. The molecular weight excluding hydrogens is 248 g/mol. The molecule has 4 heteroatoms. The molecule has 1 saturated heterocycles. The van der Waals surface area contributed by atoms with Gasteiger partial charge in [-0.25, -0.2) is 0 Å². The van der Waals surface area contributed by atoms with Crippen molar-refractivity contribution in [2.24, 2.45) is 11.7 Å². The third kappa shape index (κ3) is 3.69. The molecule has 3 N–H and O–H groups in total. The van der Waals surface area contributed by atoms with Crippen LogP contribution in [0.3, 0.4) is 0 Å². The van der Waals surface area contributed by atoms with Crippen molar-refractivity contribution >= 4 is 11.6 Å². The number of piperidine rings is 1. The SMILES string of the molecule is NC(CO)C1CCN(Cc2ccc(Cl)cc2)CC1. The number of aliphatic hydroxyl groups excluding tert-OH is 1. The van der Waals surface area contributed by atoms with Gasteiger partial charge in [-0.05, 0) is 49.5 Å². The fraction of sp³-hybridized carbons (Fsp3) is 0.571. The second-order valence-electron chi connectivity index (χ2n) is 5.09. The number of likely N-dealkylation sites (tertiary alicyclic amines) is 1. The Kier molecular flexibility index (Phi) is 5.01. The zero-order chi connectivity index (χ0) is 13.0. The van der Waals surface area contributed by atoms with E-state index in [0.29, 0.717) is 5.92 Å². The topological polar surface area (TPSA) is 49.5 Å². The Morgan fingerprint density at radius 2 is 1.89 bits per heavy atom. The lowest BCUT2D eigenvalue weighted by Crippen LogP contribution is -2.42. The van der Waals surface area contributed by atoms with Crippen LogP contribution in [-0.4, -0.2) is 35.7 Å². The van der Waals surface area contributed by atoms with Gasteiger partial charge in [0.25, 0.3) is 0 Å². The third-order valence-corrected chi connectivity index (χ3v) is 4.02. The summed E-state index contributed by atoms with van der Waals surface area (Å²) in [6.45, 7) is 3.18. The van der Waals surface area contributed by atoms with E-state index in [0.717, 1.165) is 37.5 Å². The van der Waals surface area contributed by atoms with E-state index in [9.17, 15) is 0 Å². The highest BCUT2D eigenvalue weighted by Gasteiger charge is 2.23. The molecule has 1 unspecified atom stereocenters. The van der Waals surface area contributed by atoms with E-state index in [1.807, 2.05) is 12.1 Å².